The summed E-state index contributed by atoms with van der Waals surface area (Å²) in [6.45, 7) is 14.2. The monoisotopic (exact) mass is 397 g/mol. The summed E-state index contributed by atoms with van der Waals surface area (Å²) in [6.07, 6.45) is 0.368. The first-order chi connectivity index (χ1) is 12.5. The molecule has 0 aromatic carbocycles. The van der Waals surface area contributed by atoms with Crippen molar-refractivity contribution in [1.29, 1.82) is 0 Å². The van der Waals surface area contributed by atoms with E-state index in [1.165, 1.54) is 0 Å². The van der Waals surface area contributed by atoms with Gasteiger partial charge in [-0.25, -0.2) is 0 Å². The summed E-state index contributed by atoms with van der Waals surface area (Å²) in [5.41, 5.74) is 5.74. The van der Waals surface area contributed by atoms with Gasteiger partial charge < -0.3 is 37.6 Å². The molecule has 1 atom stereocenters. The van der Waals surface area contributed by atoms with Crippen LogP contribution >= 0.6 is 0 Å². The van der Waals surface area contributed by atoms with Crippen molar-refractivity contribution in [2.45, 2.75) is 66.5 Å². The number of nitrogens with two attached hydrogens (primary N) is 1. The summed E-state index contributed by atoms with van der Waals surface area (Å²) in [5.74, 6) is -1.23. The fraction of sp³-hybridized carbons (Fsp3) is 1.00. The van der Waals surface area contributed by atoms with Gasteiger partial charge in [-0.15, -0.1) is 0 Å². The molecule has 0 amide bonds. The molecule has 0 bridgehead atoms. The standard InChI is InChI=1S/C17H39NO7Si/c1-7-19-16(20-8-2)17(21-9-3,14-13-15-18)25-26(22-10-4,23-11-5)24-12-6/h16H,7-15,18H2,1-6H3. The van der Waals surface area contributed by atoms with Crippen molar-refractivity contribution in [1.82, 2.24) is 0 Å². The molecule has 0 aromatic heterocycles. The van der Waals surface area contributed by atoms with Gasteiger partial charge in [0.25, 0.3) is 0 Å². The Balaban J connectivity index is 5.93. The summed E-state index contributed by atoms with van der Waals surface area (Å²) in [4.78, 5) is 0. The average molecular weight is 398 g/mol. The van der Waals surface area contributed by atoms with Crippen LogP contribution in [0.4, 0.5) is 0 Å². The lowest BCUT2D eigenvalue weighted by Crippen LogP contribution is -2.61. The van der Waals surface area contributed by atoms with E-state index in [0.717, 1.165) is 0 Å². The van der Waals surface area contributed by atoms with Crippen LogP contribution < -0.4 is 5.73 Å². The minimum Gasteiger partial charge on any atom is -0.351 e. The molecule has 2 N–H and O–H groups in total. The highest BCUT2D eigenvalue weighted by molar-refractivity contribution is 6.53. The van der Waals surface area contributed by atoms with E-state index in [1.54, 1.807) is 0 Å². The highest BCUT2D eigenvalue weighted by atomic mass is 28.4. The van der Waals surface area contributed by atoms with Gasteiger partial charge in [0, 0.05) is 46.1 Å². The van der Waals surface area contributed by atoms with Crippen LogP contribution in [0.25, 0.3) is 0 Å². The lowest BCUT2D eigenvalue weighted by molar-refractivity contribution is -0.342. The molecular weight excluding hydrogens is 358 g/mol. The smallest absolute Gasteiger partial charge is 0.351 e. The molecule has 0 heterocycles. The summed E-state index contributed by atoms with van der Waals surface area (Å²) < 4.78 is 41.6. The predicted octanol–water partition coefficient (Wildman–Crippen LogP) is 2.42. The molecule has 0 rings (SSSR count). The Bertz CT molecular complexity index is 315. The van der Waals surface area contributed by atoms with E-state index in [4.69, 9.17) is 37.6 Å². The van der Waals surface area contributed by atoms with Crippen LogP contribution in [0.5, 0.6) is 0 Å². The molecule has 26 heavy (non-hydrogen) atoms. The maximum absolute atomic E-state index is 6.40. The van der Waals surface area contributed by atoms with Crippen LogP contribution in [0, 0.1) is 0 Å². The third kappa shape index (κ3) is 8.28. The van der Waals surface area contributed by atoms with Crippen LogP contribution in [0.15, 0.2) is 0 Å². The van der Waals surface area contributed by atoms with Crippen LogP contribution in [-0.2, 0) is 31.9 Å². The molecule has 158 valence electrons. The maximum Gasteiger partial charge on any atom is 0.682 e. The van der Waals surface area contributed by atoms with Gasteiger partial charge in [0.2, 0.25) is 12.1 Å². The quantitative estimate of drug-likeness (QED) is 0.278. The van der Waals surface area contributed by atoms with Crippen LogP contribution in [0.2, 0.25) is 0 Å². The first-order valence-corrected chi connectivity index (χ1v) is 11.4. The topological polar surface area (TPSA) is 90.6 Å². The molecule has 0 aliphatic rings. The first-order valence-electron chi connectivity index (χ1n) is 9.72. The molecule has 0 spiro atoms. The van der Waals surface area contributed by atoms with Crippen molar-refractivity contribution in [2.24, 2.45) is 5.73 Å². The normalized spacial score (nSPS) is 14.8. The molecule has 1 unspecified atom stereocenters. The van der Waals surface area contributed by atoms with E-state index in [1.807, 2.05) is 41.5 Å². The second kappa shape index (κ2) is 14.9. The Labute approximate surface area is 160 Å². The molecule has 0 saturated carbocycles. The zero-order valence-corrected chi connectivity index (χ0v) is 18.4. The zero-order valence-electron chi connectivity index (χ0n) is 17.4. The van der Waals surface area contributed by atoms with Crippen molar-refractivity contribution in [3.05, 3.63) is 0 Å². The summed E-state index contributed by atoms with van der Waals surface area (Å²) in [6, 6.07) is 0. The highest BCUT2D eigenvalue weighted by Gasteiger charge is 2.56. The minimum absolute atomic E-state index is 0.388. The Kier molecular flexibility index (Phi) is 14.8. The van der Waals surface area contributed by atoms with Crippen molar-refractivity contribution in [3.8, 4) is 0 Å². The van der Waals surface area contributed by atoms with Crippen molar-refractivity contribution in [3.63, 3.8) is 0 Å². The summed E-state index contributed by atoms with van der Waals surface area (Å²) >= 11 is 0. The first kappa shape index (κ1) is 25.9. The zero-order chi connectivity index (χ0) is 19.9. The number of hydrogen-bond donors (Lipinski definition) is 1. The second-order valence-electron chi connectivity index (χ2n) is 5.28. The van der Waals surface area contributed by atoms with E-state index in [2.05, 4.69) is 0 Å². The lowest BCUT2D eigenvalue weighted by Gasteiger charge is -2.43. The molecule has 0 saturated heterocycles. The van der Waals surface area contributed by atoms with E-state index >= 15 is 0 Å². The minimum atomic E-state index is -3.46. The van der Waals surface area contributed by atoms with Gasteiger partial charge in [-0.3, -0.25) is 0 Å². The van der Waals surface area contributed by atoms with Crippen molar-refractivity contribution >= 4 is 9.05 Å². The maximum atomic E-state index is 6.40. The number of ether oxygens (including phenoxy) is 3. The SMILES string of the molecule is CCOC(OCC)C(CCCN)(OCC)O[Si](OCC)(OCC)OCC. The Morgan fingerprint density at radius 2 is 1.27 bits per heavy atom. The van der Waals surface area contributed by atoms with E-state index in [9.17, 15) is 0 Å². The fourth-order valence-corrected chi connectivity index (χ4v) is 4.71. The van der Waals surface area contributed by atoms with Gasteiger partial charge in [-0.05, 0) is 54.5 Å². The van der Waals surface area contributed by atoms with Crippen molar-refractivity contribution in [2.75, 3.05) is 46.2 Å². The van der Waals surface area contributed by atoms with E-state index in [-0.39, 0.29) is 0 Å². The van der Waals surface area contributed by atoms with E-state index in [0.29, 0.717) is 59.0 Å². The Morgan fingerprint density at radius 1 is 0.769 bits per heavy atom. The molecule has 8 nitrogen and oxygen atoms in total. The molecule has 0 fully saturated rings. The lowest BCUT2D eigenvalue weighted by atomic mass is 10.1. The van der Waals surface area contributed by atoms with E-state index < -0.39 is 21.1 Å². The number of hydrogen-bond acceptors (Lipinski definition) is 8. The second-order valence-corrected chi connectivity index (χ2v) is 7.35. The molecular formula is C17H39NO7Si. The van der Waals surface area contributed by atoms with Gasteiger partial charge in [0.1, 0.15) is 0 Å². The highest BCUT2D eigenvalue weighted by Crippen LogP contribution is 2.33. The molecule has 0 radical (unpaired) electrons. The molecule has 0 aliphatic carbocycles. The van der Waals surface area contributed by atoms with Crippen LogP contribution in [0.3, 0.4) is 0 Å². The summed E-state index contributed by atoms with van der Waals surface area (Å²) in [7, 11) is -3.46. The fourth-order valence-electron chi connectivity index (χ4n) is 2.54. The van der Waals surface area contributed by atoms with Gasteiger partial charge in [-0.1, -0.05) is 0 Å². The summed E-state index contributed by atoms with van der Waals surface area (Å²) in [5, 5.41) is 0. The van der Waals surface area contributed by atoms with Crippen LogP contribution in [0.1, 0.15) is 54.4 Å². The molecule has 0 aromatic rings. The largest absolute Gasteiger partial charge is 0.682 e. The van der Waals surface area contributed by atoms with Gasteiger partial charge in [-0.2, -0.15) is 0 Å². The van der Waals surface area contributed by atoms with Gasteiger partial charge >= 0.3 is 9.05 Å². The third-order valence-electron chi connectivity index (χ3n) is 3.37. The Hall–Kier alpha value is -0.103. The third-order valence-corrected chi connectivity index (χ3v) is 5.90. The average Bonchev–Trinajstić information content (AvgIpc) is 2.60. The van der Waals surface area contributed by atoms with Gasteiger partial charge in [0.05, 0.1) is 0 Å². The number of rotatable bonds is 18. The van der Waals surface area contributed by atoms with Crippen molar-refractivity contribution < 1.29 is 31.9 Å². The molecule has 0 aliphatic heterocycles. The predicted molar refractivity (Wildman–Crippen MR) is 101 cm³/mol. The molecule has 9 heteroatoms. The Morgan fingerprint density at radius 3 is 1.62 bits per heavy atom. The van der Waals surface area contributed by atoms with Crippen LogP contribution in [-0.4, -0.2) is 67.3 Å². The van der Waals surface area contributed by atoms with Gasteiger partial charge in [0.15, 0.2) is 0 Å².